The van der Waals surface area contributed by atoms with E-state index in [1.807, 2.05) is 4.90 Å². The molecule has 2 aliphatic rings. The minimum Gasteiger partial charge on any atom is -0.354 e. The molecule has 148 valence electrons. The highest BCUT2D eigenvalue weighted by atomic mass is 19.1. The highest BCUT2D eigenvalue weighted by Crippen LogP contribution is 2.18. The van der Waals surface area contributed by atoms with Crippen LogP contribution in [0.4, 0.5) is 14.5 Å². The summed E-state index contributed by atoms with van der Waals surface area (Å²) in [5, 5.41) is 8.67. The van der Waals surface area contributed by atoms with Crippen LogP contribution in [0, 0.1) is 17.6 Å². The van der Waals surface area contributed by atoms with Crippen LogP contribution in [0.2, 0.25) is 0 Å². The molecule has 27 heavy (non-hydrogen) atoms. The van der Waals surface area contributed by atoms with Crippen LogP contribution in [0.5, 0.6) is 0 Å². The number of piperidine rings is 1. The molecule has 2 saturated heterocycles. The molecule has 2 fully saturated rings. The van der Waals surface area contributed by atoms with Gasteiger partial charge >= 0.3 is 0 Å². The molecule has 0 aromatic heterocycles. The third-order valence-corrected chi connectivity index (χ3v) is 5.12. The van der Waals surface area contributed by atoms with E-state index in [1.54, 1.807) is 0 Å². The molecule has 0 saturated carbocycles. The van der Waals surface area contributed by atoms with Crippen molar-refractivity contribution in [3.05, 3.63) is 29.8 Å². The van der Waals surface area contributed by atoms with Crippen molar-refractivity contribution in [1.29, 1.82) is 0 Å². The molecule has 3 rings (SSSR count). The first-order valence-corrected chi connectivity index (χ1v) is 9.49. The summed E-state index contributed by atoms with van der Waals surface area (Å²) < 4.78 is 26.6. The lowest BCUT2D eigenvalue weighted by Gasteiger charge is -2.32. The number of likely N-dealkylation sites (tertiary alicyclic amines) is 1. The number of nitrogens with one attached hydrogen (secondary N) is 3. The average Bonchev–Trinajstić information content (AvgIpc) is 3.17. The first kappa shape index (κ1) is 19.7. The van der Waals surface area contributed by atoms with Crippen LogP contribution in [0.1, 0.15) is 25.7 Å². The van der Waals surface area contributed by atoms with Gasteiger partial charge in [0.2, 0.25) is 11.8 Å². The zero-order chi connectivity index (χ0) is 19.2. The van der Waals surface area contributed by atoms with Crippen molar-refractivity contribution in [2.24, 2.45) is 5.92 Å². The maximum atomic E-state index is 13.6. The van der Waals surface area contributed by atoms with Crippen molar-refractivity contribution in [1.82, 2.24) is 15.5 Å². The van der Waals surface area contributed by atoms with E-state index in [9.17, 15) is 18.4 Å². The minimum atomic E-state index is -0.789. The Bertz CT molecular complexity index is 680. The number of amides is 2. The van der Waals surface area contributed by atoms with Crippen molar-refractivity contribution in [2.75, 3.05) is 38.0 Å². The minimum absolute atomic E-state index is 0.0220. The van der Waals surface area contributed by atoms with Gasteiger partial charge in [0.1, 0.15) is 11.6 Å². The molecule has 0 spiro atoms. The van der Waals surface area contributed by atoms with Gasteiger partial charge in [-0.05, 0) is 56.8 Å². The zero-order valence-electron chi connectivity index (χ0n) is 15.3. The third kappa shape index (κ3) is 5.71. The monoisotopic (exact) mass is 380 g/mol. The van der Waals surface area contributed by atoms with Gasteiger partial charge in [0.25, 0.3) is 0 Å². The molecule has 0 aliphatic carbocycles. The summed E-state index contributed by atoms with van der Waals surface area (Å²) in [6.07, 6.45) is 3.85. The number of carbonyl (C=O) groups excluding carboxylic acids is 2. The van der Waals surface area contributed by atoms with Gasteiger partial charge in [0.15, 0.2) is 0 Å². The van der Waals surface area contributed by atoms with Gasteiger partial charge in [0.05, 0.1) is 18.3 Å². The summed E-state index contributed by atoms with van der Waals surface area (Å²) in [5.74, 6) is -1.46. The second-order valence-corrected chi connectivity index (χ2v) is 7.31. The number of halogens is 2. The highest BCUT2D eigenvalue weighted by Gasteiger charge is 2.25. The van der Waals surface area contributed by atoms with Crippen LogP contribution in [0.25, 0.3) is 0 Å². The molecule has 1 aromatic rings. The standard InChI is InChI=1S/C19H26F2N4O2/c20-14-5-6-16(15(21)9-14)24-18(26)12-25-8-2-3-13(11-25)10-23-19(27)17-4-1-7-22-17/h5-6,9,13,17,22H,1-4,7-8,10-12H2,(H,23,27)(H,24,26). The molecular formula is C19H26F2N4O2. The maximum absolute atomic E-state index is 13.6. The molecule has 3 N–H and O–H groups in total. The summed E-state index contributed by atoms with van der Waals surface area (Å²) in [6.45, 7) is 3.12. The van der Waals surface area contributed by atoms with Gasteiger partial charge in [-0.3, -0.25) is 14.5 Å². The lowest BCUT2D eigenvalue weighted by molar-refractivity contribution is -0.123. The molecule has 0 radical (unpaired) electrons. The number of carbonyl (C=O) groups is 2. The second kappa shape index (κ2) is 9.23. The van der Waals surface area contributed by atoms with Gasteiger partial charge in [-0.15, -0.1) is 0 Å². The molecule has 2 aliphatic heterocycles. The number of hydrogen-bond donors (Lipinski definition) is 3. The first-order valence-electron chi connectivity index (χ1n) is 9.49. The molecule has 2 heterocycles. The summed E-state index contributed by atoms with van der Waals surface area (Å²) in [5.41, 5.74) is -0.0220. The average molecular weight is 380 g/mol. The lowest BCUT2D eigenvalue weighted by Crippen LogP contribution is -2.46. The molecular weight excluding hydrogens is 354 g/mol. The molecule has 8 heteroatoms. The Kier molecular flexibility index (Phi) is 6.73. The van der Waals surface area contributed by atoms with Crippen LogP contribution in [0.3, 0.4) is 0 Å². The third-order valence-electron chi connectivity index (χ3n) is 5.12. The van der Waals surface area contributed by atoms with E-state index in [0.717, 1.165) is 50.9 Å². The highest BCUT2D eigenvalue weighted by molar-refractivity contribution is 5.92. The Labute approximate surface area is 157 Å². The van der Waals surface area contributed by atoms with Crippen LogP contribution in [0.15, 0.2) is 18.2 Å². The Morgan fingerprint density at radius 2 is 2.07 bits per heavy atom. The fourth-order valence-electron chi connectivity index (χ4n) is 3.72. The molecule has 0 bridgehead atoms. The van der Waals surface area contributed by atoms with Crippen molar-refractivity contribution in [2.45, 2.75) is 31.7 Å². The molecule has 2 amide bonds. The predicted octanol–water partition coefficient (Wildman–Crippen LogP) is 1.48. The molecule has 6 nitrogen and oxygen atoms in total. The number of hydrogen-bond acceptors (Lipinski definition) is 4. The summed E-state index contributed by atoms with van der Waals surface area (Å²) in [6, 6.07) is 2.99. The van der Waals surface area contributed by atoms with E-state index >= 15 is 0 Å². The van der Waals surface area contributed by atoms with E-state index in [1.165, 1.54) is 6.07 Å². The van der Waals surface area contributed by atoms with Crippen LogP contribution < -0.4 is 16.0 Å². The second-order valence-electron chi connectivity index (χ2n) is 7.31. The van der Waals surface area contributed by atoms with Gasteiger partial charge < -0.3 is 16.0 Å². The smallest absolute Gasteiger partial charge is 0.238 e. The van der Waals surface area contributed by atoms with Crippen molar-refractivity contribution < 1.29 is 18.4 Å². The Morgan fingerprint density at radius 3 is 2.81 bits per heavy atom. The predicted molar refractivity (Wildman–Crippen MR) is 98.2 cm³/mol. The molecule has 2 atom stereocenters. The largest absolute Gasteiger partial charge is 0.354 e. The topological polar surface area (TPSA) is 73.5 Å². The van der Waals surface area contributed by atoms with Crippen LogP contribution in [-0.4, -0.2) is 55.5 Å². The number of rotatable bonds is 6. The summed E-state index contributed by atoms with van der Waals surface area (Å²) in [7, 11) is 0. The van der Waals surface area contributed by atoms with E-state index in [0.29, 0.717) is 19.0 Å². The number of anilines is 1. The van der Waals surface area contributed by atoms with E-state index < -0.39 is 11.6 Å². The van der Waals surface area contributed by atoms with E-state index in [2.05, 4.69) is 16.0 Å². The Balaban J connectivity index is 1.43. The van der Waals surface area contributed by atoms with Crippen molar-refractivity contribution in [3.63, 3.8) is 0 Å². The van der Waals surface area contributed by atoms with Crippen molar-refractivity contribution >= 4 is 17.5 Å². The Morgan fingerprint density at radius 1 is 1.22 bits per heavy atom. The quantitative estimate of drug-likeness (QED) is 0.699. The SMILES string of the molecule is O=C(CN1CCCC(CNC(=O)C2CCCN2)C1)Nc1ccc(F)cc1F. The molecule has 2 unspecified atom stereocenters. The Hall–Kier alpha value is -2.06. The fraction of sp³-hybridized carbons (Fsp3) is 0.579. The van der Waals surface area contributed by atoms with Crippen LogP contribution in [-0.2, 0) is 9.59 Å². The maximum Gasteiger partial charge on any atom is 0.238 e. The molecule has 1 aromatic carbocycles. The van der Waals surface area contributed by atoms with E-state index in [4.69, 9.17) is 0 Å². The van der Waals surface area contributed by atoms with Crippen LogP contribution >= 0.6 is 0 Å². The summed E-state index contributed by atoms with van der Waals surface area (Å²) in [4.78, 5) is 26.3. The van der Waals surface area contributed by atoms with E-state index in [-0.39, 0.29) is 30.1 Å². The number of benzene rings is 1. The fourth-order valence-corrected chi connectivity index (χ4v) is 3.72. The normalized spacial score (nSPS) is 23.2. The van der Waals surface area contributed by atoms with Gasteiger partial charge in [-0.25, -0.2) is 8.78 Å². The zero-order valence-corrected chi connectivity index (χ0v) is 15.3. The van der Waals surface area contributed by atoms with Crippen molar-refractivity contribution in [3.8, 4) is 0 Å². The summed E-state index contributed by atoms with van der Waals surface area (Å²) >= 11 is 0. The van der Waals surface area contributed by atoms with Gasteiger partial charge in [-0.1, -0.05) is 0 Å². The lowest BCUT2D eigenvalue weighted by atomic mass is 9.98. The number of nitrogens with zero attached hydrogens (tertiary/aromatic N) is 1. The first-order chi connectivity index (χ1) is 13.0. The van der Waals surface area contributed by atoms with Gasteiger partial charge in [-0.2, -0.15) is 0 Å². The van der Waals surface area contributed by atoms with Gasteiger partial charge in [0, 0.05) is 19.2 Å².